The molecule has 0 aliphatic rings. The van der Waals surface area contributed by atoms with Crippen molar-refractivity contribution in [3.8, 4) is 22.5 Å². The van der Waals surface area contributed by atoms with E-state index in [9.17, 15) is 4.21 Å². The van der Waals surface area contributed by atoms with E-state index in [4.69, 9.17) is 5.11 Å². The van der Waals surface area contributed by atoms with Gasteiger partial charge >= 0.3 is 0 Å². The monoisotopic (exact) mass is 397 g/mol. The van der Waals surface area contributed by atoms with Crippen molar-refractivity contribution < 1.29 is 9.32 Å². The molecule has 1 atom stereocenters. The van der Waals surface area contributed by atoms with Gasteiger partial charge in [-0.25, -0.2) is 4.98 Å². The van der Waals surface area contributed by atoms with Crippen LogP contribution < -0.4 is 10.2 Å². The van der Waals surface area contributed by atoms with Crippen LogP contribution in [0.1, 0.15) is 0 Å². The van der Waals surface area contributed by atoms with E-state index in [2.05, 4.69) is 20.5 Å². The van der Waals surface area contributed by atoms with Gasteiger partial charge in [0, 0.05) is 59.4 Å². The Kier molecular flexibility index (Phi) is 6.33. The number of nitrogens with zero attached hydrogens (tertiary/aromatic N) is 4. The SMILES string of the molecule is CN(C)c1ccc(-c2nc(NCCO)nnc2-c2ccc(S(C)=O)cc2)cc1. The van der Waals surface area contributed by atoms with Crippen LogP contribution in [-0.4, -0.2) is 58.0 Å². The van der Waals surface area contributed by atoms with Gasteiger partial charge in [-0.2, -0.15) is 0 Å². The van der Waals surface area contributed by atoms with E-state index in [0.717, 1.165) is 21.7 Å². The van der Waals surface area contributed by atoms with Gasteiger partial charge in [-0.3, -0.25) is 4.21 Å². The molecule has 1 heterocycles. The van der Waals surface area contributed by atoms with Gasteiger partial charge in [-0.05, 0) is 24.3 Å². The van der Waals surface area contributed by atoms with Crippen molar-refractivity contribution in [2.75, 3.05) is 43.7 Å². The summed E-state index contributed by atoms with van der Waals surface area (Å²) in [5.74, 6) is 0.357. The van der Waals surface area contributed by atoms with Crippen molar-refractivity contribution in [3.63, 3.8) is 0 Å². The van der Waals surface area contributed by atoms with E-state index in [1.54, 1.807) is 6.26 Å². The molecule has 1 aromatic heterocycles. The van der Waals surface area contributed by atoms with Gasteiger partial charge < -0.3 is 15.3 Å². The minimum absolute atomic E-state index is 0.0202. The number of aliphatic hydroxyl groups excluding tert-OH is 1. The molecule has 0 fully saturated rings. The number of aliphatic hydroxyl groups is 1. The lowest BCUT2D eigenvalue weighted by molar-refractivity contribution is 0.310. The number of hydrogen-bond donors (Lipinski definition) is 2. The van der Waals surface area contributed by atoms with Gasteiger partial charge in [-0.1, -0.05) is 24.3 Å². The standard InChI is InChI=1S/C20H23N5O2S/c1-25(2)16-8-4-14(5-9-16)18-19(23-24-20(22-18)21-12-13-26)15-6-10-17(11-7-15)28(3)27/h4-11,26H,12-13H2,1-3H3,(H,21,22,24). The molecule has 3 aromatic rings. The average Bonchev–Trinajstić information content (AvgIpc) is 2.72. The van der Waals surface area contributed by atoms with Crippen molar-refractivity contribution in [2.24, 2.45) is 0 Å². The van der Waals surface area contributed by atoms with Crippen LogP contribution in [0.3, 0.4) is 0 Å². The molecule has 28 heavy (non-hydrogen) atoms. The van der Waals surface area contributed by atoms with Gasteiger partial charge in [0.05, 0.1) is 6.61 Å². The molecule has 0 bridgehead atoms. The zero-order valence-electron chi connectivity index (χ0n) is 16.1. The minimum atomic E-state index is -1.04. The molecule has 2 aromatic carbocycles. The smallest absolute Gasteiger partial charge is 0.243 e. The zero-order valence-corrected chi connectivity index (χ0v) is 16.9. The summed E-state index contributed by atoms with van der Waals surface area (Å²) >= 11 is 0. The van der Waals surface area contributed by atoms with Crippen molar-refractivity contribution in [1.82, 2.24) is 15.2 Å². The maximum absolute atomic E-state index is 11.7. The normalized spacial score (nSPS) is 11.9. The average molecular weight is 398 g/mol. The number of rotatable bonds is 7. The highest BCUT2D eigenvalue weighted by Crippen LogP contribution is 2.30. The predicted octanol–water partition coefficient (Wildman–Crippen LogP) is 2.41. The van der Waals surface area contributed by atoms with Crippen LogP contribution >= 0.6 is 0 Å². The quantitative estimate of drug-likeness (QED) is 0.633. The number of anilines is 2. The van der Waals surface area contributed by atoms with Crippen molar-refractivity contribution in [3.05, 3.63) is 48.5 Å². The van der Waals surface area contributed by atoms with E-state index in [0.29, 0.717) is 23.9 Å². The summed E-state index contributed by atoms with van der Waals surface area (Å²) < 4.78 is 11.7. The molecule has 0 amide bonds. The summed E-state index contributed by atoms with van der Waals surface area (Å²) in [6.07, 6.45) is 1.65. The van der Waals surface area contributed by atoms with Crippen LogP contribution in [0.15, 0.2) is 53.4 Å². The summed E-state index contributed by atoms with van der Waals surface area (Å²) in [5.41, 5.74) is 4.16. The maximum atomic E-state index is 11.7. The zero-order chi connectivity index (χ0) is 20.1. The Hall–Kier alpha value is -2.84. The fraction of sp³-hybridized carbons (Fsp3) is 0.250. The topological polar surface area (TPSA) is 91.2 Å². The van der Waals surface area contributed by atoms with Crippen LogP contribution in [-0.2, 0) is 10.8 Å². The number of hydrogen-bond acceptors (Lipinski definition) is 7. The Morgan fingerprint density at radius 1 is 0.964 bits per heavy atom. The molecule has 146 valence electrons. The van der Waals surface area contributed by atoms with Gasteiger partial charge in [-0.15, -0.1) is 10.2 Å². The Morgan fingerprint density at radius 2 is 1.57 bits per heavy atom. The van der Waals surface area contributed by atoms with Crippen LogP contribution in [0.2, 0.25) is 0 Å². The molecular weight excluding hydrogens is 374 g/mol. The Bertz CT molecular complexity index is 959. The Balaban J connectivity index is 2.06. The summed E-state index contributed by atoms with van der Waals surface area (Å²) in [6, 6.07) is 15.4. The second kappa shape index (κ2) is 8.90. The number of benzene rings is 2. The lowest BCUT2D eigenvalue weighted by Crippen LogP contribution is -2.11. The molecule has 0 radical (unpaired) electrons. The number of nitrogens with one attached hydrogen (secondary N) is 1. The first-order chi connectivity index (χ1) is 13.5. The first-order valence-corrected chi connectivity index (χ1v) is 10.4. The van der Waals surface area contributed by atoms with E-state index >= 15 is 0 Å². The largest absolute Gasteiger partial charge is 0.395 e. The molecular formula is C20H23N5O2S. The van der Waals surface area contributed by atoms with Crippen molar-refractivity contribution in [2.45, 2.75) is 4.90 Å². The molecule has 1 unspecified atom stereocenters. The lowest BCUT2D eigenvalue weighted by Gasteiger charge is -2.14. The highest BCUT2D eigenvalue weighted by molar-refractivity contribution is 7.84. The van der Waals surface area contributed by atoms with E-state index in [1.165, 1.54) is 0 Å². The van der Waals surface area contributed by atoms with Crippen molar-refractivity contribution in [1.29, 1.82) is 0 Å². The van der Waals surface area contributed by atoms with Crippen LogP contribution in [0, 0.1) is 0 Å². The fourth-order valence-electron chi connectivity index (χ4n) is 2.69. The highest BCUT2D eigenvalue weighted by atomic mass is 32.2. The molecule has 7 nitrogen and oxygen atoms in total. The third-order valence-corrected chi connectivity index (χ3v) is 5.13. The first-order valence-electron chi connectivity index (χ1n) is 8.80. The Morgan fingerprint density at radius 3 is 2.14 bits per heavy atom. The molecule has 0 saturated heterocycles. The fourth-order valence-corrected chi connectivity index (χ4v) is 3.21. The predicted molar refractivity (Wildman–Crippen MR) is 113 cm³/mol. The molecule has 0 aliphatic heterocycles. The molecule has 0 saturated carbocycles. The van der Waals surface area contributed by atoms with Crippen LogP contribution in [0.25, 0.3) is 22.5 Å². The van der Waals surface area contributed by atoms with Crippen LogP contribution in [0.5, 0.6) is 0 Å². The molecule has 0 aliphatic carbocycles. The summed E-state index contributed by atoms with van der Waals surface area (Å²) in [4.78, 5) is 7.40. The van der Waals surface area contributed by atoms with Gasteiger partial charge in [0.1, 0.15) is 11.4 Å². The lowest BCUT2D eigenvalue weighted by atomic mass is 10.0. The molecule has 3 rings (SSSR count). The second-order valence-corrected chi connectivity index (χ2v) is 7.78. The van der Waals surface area contributed by atoms with Gasteiger partial charge in [0.25, 0.3) is 0 Å². The number of aromatic nitrogens is 3. The van der Waals surface area contributed by atoms with E-state index in [-0.39, 0.29) is 6.61 Å². The molecule has 0 spiro atoms. The Labute approximate surface area is 166 Å². The maximum Gasteiger partial charge on any atom is 0.243 e. The third kappa shape index (κ3) is 4.52. The molecule has 2 N–H and O–H groups in total. The summed E-state index contributed by atoms with van der Waals surface area (Å²) in [5, 5.41) is 20.5. The highest BCUT2D eigenvalue weighted by Gasteiger charge is 2.14. The summed E-state index contributed by atoms with van der Waals surface area (Å²) in [7, 11) is 2.94. The van der Waals surface area contributed by atoms with Gasteiger partial charge in [0.2, 0.25) is 5.95 Å². The summed E-state index contributed by atoms with van der Waals surface area (Å²) in [6.45, 7) is 0.324. The van der Waals surface area contributed by atoms with Crippen molar-refractivity contribution >= 4 is 22.4 Å². The van der Waals surface area contributed by atoms with Crippen LogP contribution in [0.4, 0.5) is 11.6 Å². The van der Waals surface area contributed by atoms with E-state index in [1.807, 2.05) is 67.5 Å². The minimum Gasteiger partial charge on any atom is -0.395 e. The second-order valence-electron chi connectivity index (χ2n) is 6.40. The van der Waals surface area contributed by atoms with E-state index < -0.39 is 10.8 Å². The first kappa shape index (κ1) is 19.9. The van der Waals surface area contributed by atoms with Gasteiger partial charge in [0.15, 0.2) is 0 Å². The molecule has 8 heteroatoms. The third-order valence-electron chi connectivity index (χ3n) is 4.20.